The zero-order valence-electron chi connectivity index (χ0n) is 22.5. The van der Waals surface area contributed by atoms with Crippen LogP contribution >= 0.6 is 0 Å². The summed E-state index contributed by atoms with van der Waals surface area (Å²) in [5.74, 6) is 11.6. The molecule has 0 fully saturated rings. The number of nitrogens with one attached hydrogen (secondary N) is 1. The van der Waals surface area contributed by atoms with Crippen LogP contribution in [-0.4, -0.2) is 50.1 Å². The smallest absolute Gasteiger partial charge is 0.183 e. The summed E-state index contributed by atoms with van der Waals surface area (Å²) in [5, 5.41) is 22.9. The Balaban J connectivity index is 1.29. The third-order valence-corrected chi connectivity index (χ3v) is 7.24. The number of aromatic hydroxyl groups is 1. The fourth-order valence-corrected chi connectivity index (χ4v) is 5.26. The first kappa shape index (κ1) is 27.1. The Morgan fingerprint density at radius 3 is 2.88 bits per heavy atom. The number of carbonyl (C=O) groups excluding carboxylic acids is 2. The zero-order chi connectivity index (χ0) is 28.3. The number of benzene rings is 1. The molecule has 3 N–H and O–H groups in total. The van der Waals surface area contributed by atoms with Gasteiger partial charge in [-0.15, -0.1) is 0 Å². The van der Waals surface area contributed by atoms with Crippen LogP contribution in [0.2, 0.25) is 0 Å². The number of phenolic OH excluding ortho intramolecular Hbond substituents is 1. The number of aliphatic hydroxyl groups is 1. The van der Waals surface area contributed by atoms with Crippen molar-refractivity contribution in [3.8, 4) is 29.4 Å². The lowest BCUT2D eigenvalue weighted by molar-refractivity contribution is -0.118. The summed E-state index contributed by atoms with van der Waals surface area (Å²) < 4.78 is 6.18. The second kappa shape index (κ2) is 11.4. The van der Waals surface area contributed by atoms with Crippen LogP contribution in [0.15, 0.2) is 65.4 Å². The summed E-state index contributed by atoms with van der Waals surface area (Å²) >= 11 is 0. The maximum atomic E-state index is 13.1. The second-order valence-electron chi connectivity index (χ2n) is 9.98. The Bertz CT molecular complexity index is 1730. The van der Waals surface area contributed by atoms with E-state index in [0.29, 0.717) is 53.8 Å². The number of pyridine rings is 1. The van der Waals surface area contributed by atoms with Crippen LogP contribution < -0.4 is 0 Å². The van der Waals surface area contributed by atoms with Crippen molar-refractivity contribution in [3.05, 3.63) is 71.1 Å². The van der Waals surface area contributed by atoms with E-state index in [-0.39, 0.29) is 30.2 Å². The number of allylic oxidation sites excluding steroid dienone is 4. The normalized spacial score (nSPS) is 22.1. The summed E-state index contributed by atoms with van der Waals surface area (Å²) in [6, 6.07) is 6.87. The number of hydrogen-bond donors (Lipinski definition) is 3. The summed E-state index contributed by atoms with van der Waals surface area (Å²) in [4.78, 5) is 33.5. The van der Waals surface area contributed by atoms with Gasteiger partial charge in [-0.1, -0.05) is 36.7 Å². The molecule has 2 aromatic heterocycles. The van der Waals surface area contributed by atoms with E-state index in [9.17, 15) is 19.8 Å². The first-order valence-electron chi connectivity index (χ1n) is 13.4. The van der Waals surface area contributed by atoms with Crippen LogP contribution in [0.3, 0.4) is 0 Å². The third kappa shape index (κ3) is 5.22. The van der Waals surface area contributed by atoms with Crippen LogP contribution in [0.1, 0.15) is 56.4 Å². The molecule has 0 saturated heterocycles. The molecule has 0 saturated carbocycles. The maximum absolute atomic E-state index is 13.1. The molecule has 0 aliphatic heterocycles. The molecule has 7 heteroatoms. The largest absolute Gasteiger partial charge is 0.508 e. The Kier molecular flexibility index (Phi) is 7.71. The minimum absolute atomic E-state index is 0.0850. The molecule has 5 rings (SSSR count). The molecule has 2 aliphatic rings. The topological polar surface area (TPSA) is 113 Å². The van der Waals surface area contributed by atoms with E-state index in [0.717, 1.165) is 16.3 Å². The predicted molar refractivity (Wildman–Crippen MR) is 154 cm³/mol. The van der Waals surface area contributed by atoms with Gasteiger partial charge in [-0.05, 0) is 73.7 Å². The van der Waals surface area contributed by atoms with E-state index >= 15 is 0 Å². The number of aromatic amines is 1. The van der Waals surface area contributed by atoms with Crippen molar-refractivity contribution in [1.29, 1.82) is 0 Å². The molecule has 2 bridgehead atoms. The summed E-state index contributed by atoms with van der Waals surface area (Å²) in [5.41, 5.74) is 1.94. The molecule has 0 radical (unpaired) electrons. The fourth-order valence-electron chi connectivity index (χ4n) is 5.26. The van der Waals surface area contributed by atoms with Gasteiger partial charge in [0.05, 0.1) is 11.9 Å². The van der Waals surface area contributed by atoms with Crippen LogP contribution in [0.4, 0.5) is 0 Å². The Morgan fingerprint density at radius 2 is 2.05 bits per heavy atom. The molecule has 2 atom stereocenters. The molecule has 0 unspecified atom stereocenters. The van der Waals surface area contributed by atoms with Crippen molar-refractivity contribution < 1.29 is 24.5 Å². The molecule has 3 aromatic rings. The fraction of sp³-hybridized carbons (Fsp3) is 0.303. The molecule has 1 aromatic carbocycles. The number of hydrogen-bond acceptors (Lipinski definition) is 6. The van der Waals surface area contributed by atoms with Crippen molar-refractivity contribution in [3.63, 3.8) is 0 Å². The van der Waals surface area contributed by atoms with Crippen LogP contribution in [-0.2, 0) is 9.53 Å². The molecule has 2 heterocycles. The Hall–Kier alpha value is -4.43. The molecule has 0 amide bonds. The van der Waals surface area contributed by atoms with Crippen LogP contribution in [0.25, 0.3) is 21.8 Å². The van der Waals surface area contributed by atoms with Gasteiger partial charge >= 0.3 is 0 Å². The highest BCUT2D eigenvalue weighted by atomic mass is 16.5. The quantitative estimate of drug-likeness (QED) is 0.211. The second-order valence-corrected chi connectivity index (χ2v) is 9.98. The molecule has 0 spiro atoms. The number of H-pyrrole nitrogens is 1. The van der Waals surface area contributed by atoms with Crippen molar-refractivity contribution in [2.24, 2.45) is 0 Å². The van der Waals surface area contributed by atoms with Gasteiger partial charge in [0.1, 0.15) is 17.5 Å². The highest BCUT2D eigenvalue weighted by Crippen LogP contribution is 2.38. The molecular formula is C33H30N2O5. The summed E-state index contributed by atoms with van der Waals surface area (Å²) in [7, 11) is 0. The minimum Gasteiger partial charge on any atom is -0.508 e. The van der Waals surface area contributed by atoms with Gasteiger partial charge in [-0.25, -0.2) is 0 Å². The first-order valence-corrected chi connectivity index (χ1v) is 13.4. The highest BCUT2D eigenvalue weighted by molar-refractivity contribution is 6.14. The van der Waals surface area contributed by atoms with Crippen LogP contribution in [0.5, 0.6) is 5.75 Å². The van der Waals surface area contributed by atoms with E-state index in [1.165, 1.54) is 0 Å². The third-order valence-electron chi connectivity index (χ3n) is 7.24. The van der Waals surface area contributed by atoms with Crippen molar-refractivity contribution in [2.75, 3.05) is 6.61 Å². The number of rotatable bonds is 8. The van der Waals surface area contributed by atoms with Gasteiger partial charge in [-0.3, -0.25) is 14.6 Å². The van der Waals surface area contributed by atoms with E-state index in [4.69, 9.17) is 4.74 Å². The number of carbonyl (C=O) groups is 2. The summed E-state index contributed by atoms with van der Waals surface area (Å²) in [6.45, 7) is 4.02. The lowest BCUT2D eigenvalue weighted by Gasteiger charge is -2.35. The van der Waals surface area contributed by atoms with E-state index in [1.807, 2.05) is 19.1 Å². The maximum Gasteiger partial charge on any atom is 0.183 e. The van der Waals surface area contributed by atoms with Gasteiger partial charge in [0.2, 0.25) is 0 Å². The Labute approximate surface area is 232 Å². The molecule has 40 heavy (non-hydrogen) atoms. The standard InChI is InChI=1S/C33H30N2O5/c1-3-10-25-30-21(2)28(38)20-33(25,39)16-8-5-4-6-12-29(30)40-18-9-7-11-27(37)32-31-23(15-17-34-32)24-19-22(36)13-14-26(24)35-31/h4-5,10,13-15,17,19,29,35-36,39H,3,7,9,11,18,20H2,1-2H3/b5-4-,25-10+/t29-,33-/m0/s1. The molecular weight excluding hydrogens is 504 g/mol. The van der Waals surface area contributed by atoms with Crippen LogP contribution in [0, 0.1) is 23.7 Å². The molecule has 2 aliphatic carbocycles. The number of aromatic nitrogens is 2. The number of phenols is 1. The van der Waals surface area contributed by atoms with E-state index in [2.05, 4.69) is 33.6 Å². The molecule has 202 valence electrons. The van der Waals surface area contributed by atoms with Crippen molar-refractivity contribution >= 4 is 33.4 Å². The summed E-state index contributed by atoms with van der Waals surface area (Å²) in [6.07, 6.45) is 7.94. The lowest BCUT2D eigenvalue weighted by Crippen LogP contribution is -2.41. The zero-order valence-corrected chi connectivity index (χ0v) is 22.5. The first-order chi connectivity index (χ1) is 19.3. The van der Waals surface area contributed by atoms with Gasteiger partial charge in [0.25, 0.3) is 0 Å². The Morgan fingerprint density at radius 1 is 1.23 bits per heavy atom. The predicted octanol–water partition coefficient (Wildman–Crippen LogP) is 5.09. The number of Topliss-reactive ketones (excluding diaryl/α,β-unsaturated/α-hetero) is 2. The number of unbranched alkanes of at least 4 members (excludes halogenated alkanes) is 1. The van der Waals surface area contributed by atoms with Crippen molar-refractivity contribution in [2.45, 2.75) is 57.7 Å². The number of nitrogens with zero attached hydrogens (tertiary/aromatic N) is 1. The van der Waals surface area contributed by atoms with Crippen molar-refractivity contribution in [1.82, 2.24) is 9.97 Å². The molecule has 7 nitrogen and oxygen atoms in total. The highest BCUT2D eigenvalue weighted by Gasteiger charge is 2.42. The van der Waals surface area contributed by atoms with Gasteiger partial charge in [-0.2, -0.15) is 0 Å². The number of ether oxygens (including phenoxy) is 1. The van der Waals surface area contributed by atoms with Gasteiger partial charge in [0, 0.05) is 41.1 Å². The number of fused-ring (bicyclic) bond motifs is 5. The SMILES string of the molecule is CC/C=C1\C2=C(C)C(=O)C[C@@]1(O)C#C/C=C\C#C[C@@H]2OCCCCC(=O)c1nccc2c1[nH]c1ccc(O)cc12. The van der Waals surface area contributed by atoms with Gasteiger partial charge < -0.3 is 19.9 Å². The average molecular weight is 535 g/mol. The van der Waals surface area contributed by atoms with E-state index < -0.39 is 11.7 Å². The number of ketones is 2. The van der Waals surface area contributed by atoms with E-state index in [1.54, 1.807) is 43.5 Å². The van der Waals surface area contributed by atoms with Gasteiger partial charge in [0.15, 0.2) is 17.2 Å². The monoisotopic (exact) mass is 534 g/mol. The average Bonchev–Trinajstić information content (AvgIpc) is 3.30. The lowest BCUT2D eigenvalue weighted by atomic mass is 9.73. The minimum atomic E-state index is -1.59.